The number of hydrogen-bond donors (Lipinski definition) is 0. The summed E-state index contributed by atoms with van der Waals surface area (Å²) in [6, 6.07) is 26.8. The van der Waals surface area contributed by atoms with Crippen molar-refractivity contribution >= 4 is 31.0 Å². The standard InChI is InChI=1S/C25H25Si.2ClH.Zr/c1-18-11-5-8-14-21(18)25(22-15-9-6-12-19(22)2)17-24(26(3)4)20-13-7-10-16-23(20)25;;;/h5-17H,1-4H3;2*1H;/q;;;+2/p-2. The maximum absolute atomic E-state index is 4.93. The molecule has 0 aliphatic heterocycles. The van der Waals surface area contributed by atoms with Crippen molar-refractivity contribution in [3.63, 3.8) is 0 Å². The number of benzene rings is 3. The van der Waals surface area contributed by atoms with Crippen molar-refractivity contribution < 1.29 is 20.8 Å². The van der Waals surface area contributed by atoms with Gasteiger partial charge in [-0.1, -0.05) is 97.2 Å². The fourth-order valence-corrected chi connectivity index (χ4v) is 5.73. The second kappa shape index (κ2) is 9.92. The molecule has 4 heteroatoms. The summed E-state index contributed by atoms with van der Waals surface area (Å²) in [5.41, 5.74) is 8.20. The van der Waals surface area contributed by atoms with Crippen LogP contribution in [0.3, 0.4) is 0 Å². The van der Waals surface area contributed by atoms with Crippen molar-refractivity contribution in [3.8, 4) is 0 Å². The third-order valence-corrected chi connectivity index (χ3v) is 7.17. The van der Waals surface area contributed by atoms with E-state index in [0.717, 1.165) is 0 Å². The van der Waals surface area contributed by atoms with E-state index in [1.807, 2.05) is 0 Å². The van der Waals surface area contributed by atoms with Crippen molar-refractivity contribution in [3.05, 3.63) is 112 Å². The van der Waals surface area contributed by atoms with Gasteiger partial charge in [0.05, 0.1) is 14.2 Å². The van der Waals surface area contributed by atoms with Crippen LogP contribution >= 0.6 is 17.0 Å². The first-order chi connectivity index (χ1) is 14.0. The number of halogens is 2. The number of rotatable bonds is 3. The Morgan fingerprint density at radius 2 is 1.10 bits per heavy atom. The molecule has 147 valence electrons. The predicted molar refractivity (Wildman–Crippen MR) is 126 cm³/mol. The Morgan fingerprint density at radius 3 is 1.55 bits per heavy atom. The first-order valence-corrected chi connectivity index (χ1v) is 18.5. The van der Waals surface area contributed by atoms with Crippen LogP contribution in [0.5, 0.6) is 0 Å². The second-order valence-corrected chi connectivity index (χ2v) is 13.9. The molecule has 1 radical (unpaired) electrons. The van der Waals surface area contributed by atoms with E-state index in [2.05, 4.69) is 106 Å². The molecule has 29 heavy (non-hydrogen) atoms. The van der Waals surface area contributed by atoms with Gasteiger partial charge in [-0.25, -0.2) is 0 Å². The molecule has 3 aromatic rings. The molecule has 0 saturated carbocycles. The Labute approximate surface area is 195 Å². The molecule has 0 bridgehead atoms. The Balaban J connectivity index is 0.000000755. The van der Waals surface area contributed by atoms with E-state index in [1.165, 1.54) is 33.4 Å². The molecule has 0 N–H and O–H groups in total. The summed E-state index contributed by atoms with van der Waals surface area (Å²) in [6.07, 6.45) is 2.58. The van der Waals surface area contributed by atoms with Gasteiger partial charge in [-0.3, -0.25) is 0 Å². The Morgan fingerprint density at radius 1 is 0.690 bits per heavy atom. The van der Waals surface area contributed by atoms with E-state index in [0.29, 0.717) is 0 Å². The van der Waals surface area contributed by atoms with Crippen molar-refractivity contribution in [2.45, 2.75) is 32.4 Å². The van der Waals surface area contributed by atoms with Crippen LogP contribution in [0.2, 0.25) is 13.1 Å². The number of aryl methyl sites for hydroxylation is 2. The summed E-state index contributed by atoms with van der Waals surface area (Å²) in [4.78, 5) is 0. The van der Waals surface area contributed by atoms with Crippen LogP contribution in [-0.4, -0.2) is 8.80 Å². The Kier molecular flexibility index (Phi) is 7.79. The molecular weight excluding hydrogens is 490 g/mol. The molecule has 0 spiro atoms. The van der Waals surface area contributed by atoms with Crippen molar-refractivity contribution in [2.75, 3.05) is 0 Å². The molecule has 0 aromatic heterocycles. The first-order valence-electron chi connectivity index (χ1n) is 9.69. The fourth-order valence-electron chi connectivity index (χ4n) is 4.47. The first kappa shape index (κ1) is 22.8. The molecule has 1 aliphatic carbocycles. The summed E-state index contributed by atoms with van der Waals surface area (Å²) < 4.78 is 0. The van der Waals surface area contributed by atoms with Gasteiger partial charge < -0.3 is 0 Å². The van der Waals surface area contributed by atoms with E-state index in [1.54, 1.807) is 5.20 Å². The Hall–Kier alpha value is -0.920. The summed E-state index contributed by atoms with van der Waals surface area (Å²) in [6.45, 7) is 9.29. The summed E-state index contributed by atoms with van der Waals surface area (Å²) >= 11 is -0.826. The van der Waals surface area contributed by atoms with E-state index in [9.17, 15) is 0 Å². The SMILES string of the molecule is Cc1ccccc1C1(c2ccccc2C)C=C([Si](C)C)c2ccccc21.[Cl][Zr][Cl]. The van der Waals surface area contributed by atoms with Crippen LogP contribution in [0.1, 0.15) is 33.4 Å². The van der Waals surface area contributed by atoms with Crippen molar-refractivity contribution in [2.24, 2.45) is 0 Å². The van der Waals surface area contributed by atoms with Gasteiger partial charge in [-0.15, -0.1) is 0 Å². The molecule has 1 aliphatic rings. The fraction of sp³-hybridized carbons (Fsp3) is 0.200. The number of allylic oxidation sites excluding steroid dienone is 1. The number of fused-ring (bicyclic) bond motifs is 1. The average Bonchev–Trinajstić information content (AvgIpc) is 3.06. The molecule has 0 nitrogen and oxygen atoms in total. The van der Waals surface area contributed by atoms with E-state index in [4.69, 9.17) is 17.0 Å². The molecule has 4 rings (SSSR count). The van der Waals surface area contributed by atoms with Crippen LogP contribution in [0.4, 0.5) is 0 Å². The number of hydrogen-bond acceptors (Lipinski definition) is 0. The van der Waals surface area contributed by atoms with Crippen molar-refractivity contribution in [1.29, 1.82) is 0 Å². The van der Waals surface area contributed by atoms with Crippen LogP contribution in [0.25, 0.3) is 5.20 Å². The topological polar surface area (TPSA) is 0 Å². The van der Waals surface area contributed by atoms with Gasteiger partial charge in [0.2, 0.25) is 0 Å². The molecule has 0 fully saturated rings. The van der Waals surface area contributed by atoms with Crippen LogP contribution in [0.15, 0.2) is 78.9 Å². The quantitative estimate of drug-likeness (QED) is 0.314. The van der Waals surface area contributed by atoms with Crippen LogP contribution < -0.4 is 0 Å². The van der Waals surface area contributed by atoms with Gasteiger partial charge >= 0.3 is 37.9 Å². The molecule has 0 heterocycles. The average molecular weight is 516 g/mol. The third-order valence-electron chi connectivity index (χ3n) is 5.68. The third kappa shape index (κ3) is 4.28. The van der Waals surface area contributed by atoms with Crippen molar-refractivity contribution in [1.82, 2.24) is 0 Å². The molecule has 0 amide bonds. The normalized spacial score (nSPS) is 14.0. The van der Waals surface area contributed by atoms with E-state index < -0.39 is 29.6 Å². The van der Waals surface area contributed by atoms with Gasteiger partial charge in [-0.05, 0) is 47.2 Å². The molecular formula is C25H25Cl2SiZr. The van der Waals surface area contributed by atoms with E-state index >= 15 is 0 Å². The van der Waals surface area contributed by atoms with E-state index in [-0.39, 0.29) is 5.41 Å². The minimum atomic E-state index is -0.826. The summed E-state index contributed by atoms with van der Waals surface area (Å²) in [7, 11) is 9.30. The molecule has 0 atom stereocenters. The van der Waals surface area contributed by atoms with Crippen LogP contribution in [-0.2, 0) is 26.3 Å². The predicted octanol–water partition coefficient (Wildman–Crippen LogP) is 7.70. The summed E-state index contributed by atoms with van der Waals surface area (Å²) in [5.74, 6) is 0. The maximum atomic E-state index is 4.93. The zero-order valence-corrected chi connectivity index (χ0v) is 22.2. The molecule has 3 aromatic carbocycles. The molecule has 0 unspecified atom stereocenters. The monoisotopic (exact) mass is 513 g/mol. The molecule has 0 saturated heterocycles. The zero-order chi connectivity index (χ0) is 21.0. The van der Waals surface area contributed by atoms with Gasteiger partial charge in [0, 0.05) is 0 Å². The minimum absolute atomic E-state index is 0.190. The summed E-state index contributed by atoms with van der Waals surface area (Å²) in [5, 5.41) is 1.55. The zero-order valence-electron chi connectivity index (χ0n) is 17.3. The van der Waals surface area contributed by atoms with Gasteiger partial charge in [0.1, 0.15) is 0 Å². The van der Waals surface area contributed by atoms with Gasteiger partial charge in [0.25, 0.3) is 0 Å². The van der Waals surface area contributed by atoms with Crippen LogP contribution in [0, 0.1) is 13.8 Å². The van der Waals surface area contributed by atoms with Gasteiger partial charge in [0.15, 0.2) is 0 Å². The second-order valence-electron chi connectivity index (χ2n) is 7.61. The van der Waals surface area contributed by atoms with Gasteiger partial charge in [-0.2, -0.15) is 0 Å². The Bertz CT molecular complexity index is 981.